The molecule has 0 saturated heterocycles. The maximum Gasteiger partial charge on any atom is 0.325 e. The van der Waals surface area contributed by atoms with Crippen molar-refractivity contribution < 1.29 is 14.3 Å². The number of hydrogen-bond acceptors (Lipinski definition) is 4. The van der Waals surface area contributed by atoms with Gasteiger partial charge in [0.25, 0.3) is 0 Å². The van der Waals surface area contributed by atoms with Gasteiger partial charge in [0.15, 0.2) is 0 Å². The molecular weight excluding hydrogens is 230 g/mol. The predicted molar refractivity (Wildman–Crippen MR) is 71.6 cm³/mol. The minimum atomic E-state index is -0.266. The molecule has 0 spiro atoms. The second-order valence-corrected chi connectivity index (χ2v) is 3.91. The van der Waals surface area contributed by atoms with Gasteiger partial charge in [-0.25, -0.2) is 0 Å². The van der Waals surface area contributed by atoms with Crippen molar-refractivity contribution in [3.8, 4) is 0 Å². The van der Waals surface area contributed by atoms with Gasteiger partial charge >= 0.3 is 5.97 Å². The molecule has 0 aliphatic heterocycles. The number of hydrogen-bond donors (Lipinski definition) is 1. The zero-order valence-corrected chi connectivity index (χ0v) is 10.9. The van der Waals surface area contributed by atoms with E-state index in [0.717, 1.165) is 25.1 Å². The second kappa shape index (κ2) is 9.48. The Kier molecular flexibility index (Phi) is 7.64. The third kappa shape index (κ3) is 6.91. The van der Waals surface area contributed by atoms with E-state index >= 15 is 0 Å². The van der Waals surface area contributed by atoms with Gasteiger partial charge in [-0.2, -0.15) is 0 Å². The van der Waals surface area contributed by atoms with Gasteiger partial charge in [0, 0.05) is 12.3 Å². The second-order valence-electron chi connectivity index (χ2n) is 3.91. The number of ether oxygens (including phenoxy) is 2. The molecule has 0 aliphatic carbocycles. The van der Waals surface area contributed by atoms with Gasteiger partial charge in [0.2, 0.25) is 0 Å². The molecule has 1 aromatic rings. The van der Waals surface area contributed by atoms with Crippen LogP contribution in [0.1, 0.15) is 19.8 Å². The molecule has 1 N–H and O–H groups in total. The number of para-hydroxylation sites is 1. The molecule has 0 atom stereocenters. The Bertz CT molecular complexity index is 327. The van der Waals surface area contributed by atoms with E-state index in [4.69, 9.17) is 9.47 Å². The molecule has 0 aromatic heterocycles. The largest absolute Gasteiger partial charge is 0.462 e. The third-order valence-electron chi connectivity index (χ3n) is 2.34. The van der Waals surface area contributed by atoms with Gasteiger partial charge in [0.1, 0.15) is 13.2 Å². The summed E-state index contributed by atoms with van der Waals surface area (Å²) in [5.41, 5.74) is 0.911. The lowest BCUT2D eigenvalue weighted by Crippen LogP contribution is -2.19. The zero-order chi connectivity index (χ0) is 13.1. The van der Waals surface area contributed by atoms with Crippen LogP contribution in [0.15, 0.2) is 30.3 Å². The van der Waals surface area contributed by atoms with Crippen molar-refractivity contribution in [2.24, 2.45) is 0 Å². The summed E-state index contributed by atoms with van der Waals surface area (Å²) >= 11 is 0. The zero-order valence-electron chi connectivity index (χ0n) is 10.9. The highest BCUT2D eigenvalue weighted by molar-refractivity contribution is 5.74. The first-order chi connectivity index (χ1) is 8.83. The highest BCUT2D eigenvalue weighted by Crippen LogP contribution is 2.03. The van der Waals surface area contributed by atoms with Crippen molar-refractivity contribution >= 4 is 11.7 Å². The smallest absolute Gasteiger partial charge is 0.325 e. The maximum atomic E-state index is 11.4. The van der Waals surface area contributed by atoms with Crippen LogP contribution in [-0.4, -0.2) is 32.3 Å². The topological polar surface area (TPSA) is 47.6 Å². The van der Waals surface area contributed by atoms with Crippen molar-refractivity contribution in [2.45, 2.75) is 19.8 Å². The SMILES string of the molecule is CCCCOCCOC(=O)CNc1ccccc1. The Hall–Kier alpha value is -1.55. The average Bonchev–Trinajstić information content (AvgIpc) is 2.41. The molecule has 4 nitrogen and oxygen atoms in total. The predicted octanol–water partition coefficient (Wildman–Crippen LogP) is 2.46. The fraction of sp³-hybridized carbons (Fsp3) is 0.500. The molecular formula is C14H21NO3. The minimum absolute atomic E-state index is 0.180. The van der Waals surface area contributed by atoms with Crippen LogP contribution in [0.2, 0.25) is 0 Å². The number of nitrogens with one attached hydrogen (secondary N) is 1. The molecule has 0 amide bonds. The molecule has 0 unspecified atom stereocenters. The van der Waals surface area contributed by atoms with E-state index in [1.54, 1.807) is 0 Å². The van der Waals surface area contributed by atoms with Gasteiger partial charge in [-0.05, 0) is 18.6 Å². The van der Waals surface area contributed by atoms with Crippen LogP contribution < -0.4 is 5.32 Å². The monoisotopic (exact) mass is 251 g/mol. The number of anilines is 1. The van der Waals surface area contributed by atoms with Crippen LogP contribution in [0.4, 0.5) is 5.69 Å². The lowest BCUT2D eigenvalue weighted by atomic mass is 10.3. The molecule has 0 heterocycles. The summed E-state index contributed by atoms with van der Waals surface area (Å²) in [6, 6.07) is 9.56. The van der Waals surface area contributed by atoms with Crippen LogP contribution in [0, 0.1) is 0 Å². The van der Waals surface area contributed by atoms with E-state index in [-0.39, 0.29) is 12.5 Å². The highest BCUT2D eigenvalue weighted by atomic mass is 16.6. The van der Waals surface area contributed by atoms with Gasteiger partial charge in [-0.1, -0.05) is 31.5 Å². The standard InChI is InChI=1S/C14H21NO3/c1-2-3-9-17-10-11-18-14(16)12-15-13-7-5-4-6-8-13/h4-8,15H,2-3,9-12H2,1H3. The Morgan fingerprint density at radius 3 is 2.67 bits per heavy atom. The van der Waals surface area contributed by atoms with E-state index in [1.807, 2.05) is 30.3 Å². The lowest BCUT2D eigenvalue weighted by Gasteiger charge is -2.07. The van der Waals surface area contributed by atoms with Crippen molar-refractivity contribution in [3.05, 3.63) is 30.3 Å². The first-order valence-corrected chi connectivity index (χ1v) is 6.35. The van der Waals surface area contributed by atoms with Gasteiger partial charge in [-0.15, -0.1) is 0 Å². The Balaban J connectivity index is 2.01. The molecule has 0 saturated carbocycles. The van der Waals surface area contributed by atoms with Crippen LogP contribution >= 0.6 is 0 Å². The quantitative estimate of drug-likeness (QED) is 0.541. The summed E-state index contributed by atoms with van der Waals surface area (Å²) in [5, 5.41) is 2.99. The van der Waals surface area contributed by atoms with Crippen molar-refractivity contribution in [3.63, 3.8) is 0 Å². The summed E-state index contributed by atoms with van der Waals surface area (Å²) in [6.07, 6.45) is 2.16. The van der Waals surface area contributed by atoms with Gasteiger partial charge < -0.3 is 14.8 Å². The molecule has 4 heteroatoms. The Morgan fingerprint density at radius 1 is 1.17 bits per heavy atom. The normalized spacial score (nSPS) is 10.1. The first kappa shape index (κ1) is 14.5. The average molecular weight is 251 g/mol. The number of carbonyl (C=O) groups excluding carboxylic acids is 1. The molecule has 1 aromatic carbocycles. The summed E-state index contributed by atoms with van der Waals surface area (Å²) < 4.78 is 10.3. The summed E-state index contributed by atoms with van der Waals surface area (Å²) in [7, 11) is 0. The highest BCUT2D eigenvalue weighted by Gasteiger charge is 2.01. The van der Waals surface area contributed by atoms with E-state index in [0.29, 0.717) is 13.2 Å². The number of carbonyl (C=O) groups is 1. The van der Waals surface area contributed by atoms with Crippen LogP contribution in [0.3, 0.4) is 0 Å². The summed E-state index contributed by atoms with van der Waals surface area (Å²) in [5.74, 6) is -0.266. The van der Waals surface area contributed by atoms with Gasteiger partial charge in [-0.3, -0.25) is 4.79 Å². The molecule has 0 fully saturated rings. The summed E-state index contributed by atoms with van der Waals surface area (Å²) in [4.78, 5) is 11.4. The van der Waals surface area contributed by atoms with Crippen molar-refractivity contribution in [2.75, 3.05) is 31.7 Å². The molecule has 0 radical (unpaired) electrons. The van der Waals surface area contributed by atoms with Crippen LogP contribution in [-0.2, 0) is 14.3 Å². The molecule has 0 bridgehead atoms. The van der Waals surface area contributed by atoms with E-state index in [9.17, 15) is 4.79 Å². The Labute approximate surface area is 108 Å². The lowest BCUT2D eigenvalue weighted by molar-refractivity contribution is -0.143. The molecule has 18 heavy (non-hydrogen) atoms. The molecule has 1 rings (SSSR count). The van der Waals surface area contributed by atoms with E-state index in [1.165, 1.54) is 0 Å². The maximum absolute atomic E-state index is 11.4. The fourth-order valence-corrected chi connectivity index (χ4v) is 1.34. The number of benzene rings is 1. The van der Waals surface area contributed by atoms with Crippen molar-refractivity contribution in [1.82, 2.24) is 0 Å². The molecule has 0 aliphatic rings. The molecule has 100 valence electrons. The number of esters is 1. The van der Waals surface area contributed by atoms with Crippen molar-refractivity contribution in [1.29, 1.82) is 0 Å². The van der Waals surface area contributed by atoms with Crippen LogP contribution in [0.25, 0.3) is 0 Å². The summed E-state index contributed by atoms with van der Waals surface area (Å²) in [6.45, 7) is 3.81. The number of unbranched alkanes of at least 4 members (excludes halogenated alkanes) is 1. The Morgan fingerprint density at radius 2 is 1.94 bits per heavy atom. The third-order valence-corrected chi connectivity index (χ3v) is 2.34. The van der Waals surface area contributed by atoms with Crippen LogP contribution in [0.5, 0.6) is 0 Å². The number of rotatable bonds is 9. The first-order valence-electron chi connectivity index (χ1n) is 6.35. The minimum Gasteiger partial charge on any atom is -0.462 e. The fourth-order valence-electron chi connectivity index (χ4n) is 1.34. The van der Waals surface area contributed by atoms with Gasteiger partial charge in [0.05, 0.1) is 6.61 Å². The van der Waals surface area contributed by atoms with E-state index in [2.05, 4.69) is 12.2 Å². The van der Waals surface area contributed by atoms with E-state index < -0.39 is 0 Å².